The lowest BCUT2D eigenvalue weighted by Crippen LogP contribution is -2.28. The Morgan fingerprint density at radius 2 is 2.08 bits per heavy atom. The van der Waals surface area contributed by atoms with Gasteiger partial charge in [0.25, 0.3) is 0 Å². The van der Waals surface area contributed by atoms with Crippen molar-refractivity contribution in [1.29, 1.82) is 0 Å². The predicted molar refractivity (Wildman–Crippen MR) is 46.8 cm³/mol. The third kappa shape index (κ3) is 1.72. The van der Waals surface area contributed by atoms with Crippen molar-refractivity contribution in [2.45, 2.75) is 6.17 Å². The van der Waals surface area contributed by atoms with Crippen LogP contribution in [-0.2, 0) is 0 Å². The first-order valence-corrected chi connectivity index (χ1v) is 3.77. The van der Waals surface area contributed by atoms with Crippen LogP contribution in [0.1, 0.15) is 11.7 Å². The highest BCUT2D eigenvalue weighted by atomic mass is 16.3. The molecule has 4 heteroatoms. The molecular weight excluding hydrogens is 154 g/mol. The second-order valence-corrected chi connectivity index (χ2v) is 2.44. The zero-order chi connectivity index (χ0) is 8.97. The van der Waals surface area contributed by atoms with Gasteiger partial charge in [0.1, 0.15) is 5.75 Å². The molecule has 1 aromatic heterocycles. The summed E-state index contributed by atoms with van der Waals surface area (Å²) in [6, 6.07) is 1.77. The van der Waals surface area contributed by atoms with E-state index in [4.69, 9.17) is 0 Å². The largest absolute Gasteiger partial charge is 0.506 e. The van der Waals surface area contributed by atoms with Crippen LogP contribution in [0.25, 0.3) is 0 Å². The Morgan fingerprint density at radius 1 is 1.42 bits per heavy atom. The molecule has 0 atom stereocenters. The van der Waals surface area contributed by atoms with Crippen molar-refractivity contribution in [3.63, 3.8) is 0 Å². The molecule has 1 rings (SSSR count). The van der Waals surface area contributed by atoms with Crippen LogP contribution in [0.2, 0.25) is 0 Å². The smallest absolute Gasteiger partial charge is 0.139 e. The van der Waals surface area contributed by atoms with Crippen LogP contribution in [0.3, 0.4) is 0 Å². The topological polar surface area (TPSA) is 57.2 Å². The van der Waals surface area contributed by atoms with Gasteiger partial charge >= 0.3 is 0 Å². The third-order valence-electron chi connectivity index (χ3n) is 1.72. The molecule has 12 heavy (non-hydrogen) atoms. The minimum Gasteiger partial charge on any atom is -0.506 e. The number of rotatable bonds is 3. The molecule has 1 heterocycles. The maximum atomic E-state index is 9.40. The van der Waals surface area contributed by atoms with Crippen molar-refractivity contribution < 1.29 is 5.11 Å². The molecule has 0 amide bonds. The van der Waals surface area contributed by atoms with Crippen LogP contribution >= 0.6 is 0 Å². The van der Waals surface area contributed by atoms with Gasteiger partial charge < -0.3 is 15.7 Å². The molecule has 0 aliphatic heterocycles. The first-order valence-electron chi connectivity index (χ1n) is 3.77. The number of pyridine rings is 1. The lowest BCUT2D eigenvalue weighted by atomic mass is 10.2. The lowest BCUT2D eigenvalue weighted by molar-refractivity contribution is 0.436. The summed E-state index contributed by atoms with van der Waals surface area (Å²) in [5.74, 6) is 0.200. The molecule has 3 N–H and O–H groups in total. The number of nitrogens with one attached hydrogen (secondary N) is 2. The molecule has 0 aliphatic rings. The Balaban J connectivity index is 2.92. The Hall–Kier alpha value is -1.13. The Kier molecular flexibility index (Phi) is 3.01. The summed E-state index contributed by atoms with van der Waals surface area (Å²) in [4.78, 5) is 3.79. The monoisotopic (exact) mass is 167 g/mol. The number of aromatic nitrogens is 1. The number of hydrogen-bond donors (Lipinski definition) is 3. The van der Waals surface area contributed by atoms with Crippen molar-refractivity contribution in [2.24, 2.45) is 0 Å². The van der Waals surface area contributed by atoms with E-state index in [-0.39, 0.29) is 11.9 Å². The average Bonchev–Trinajstić information content (AvgIpc) is 2.10. The quantitative estimate of drug-likeness (QED) is 0.564. The van der Waals surface area contributed by atoms with Gasteiger partial charge in [0.15, 0.2) is 0 Å². The van der Waals surface area contributed by atoms with Crippen LogP contribution in [0, 0.1) is 0 Å². The Bertz CT molecular complexity index is 248. The zero-order valence-corrected chi connectivity index (χ0v) is 7.20. The summed E-state index contributed by atoms with van der Waals surface area (Å²) >= 11 is 0. The van der Waals surface area contributed by atoms with Crippen LogP contribution in [0.15, 0.2) is 18.5 Å². The molecule has 0 bridgehead atoms. The van der Waals surface area contributed by atoms with E-state index in [0.717, 1.165) is 5.56 Å². The first-order chi connectivity index (χ1) is 5.79. The fraction of sp³-hybridized carbons (Fsp3) is 0.375. The van der Waals surface area contributed by atoms with Gasteiger partial charge in [-0.15, -0.1) is 0 Å². The van der Waals surface area contributed by atoms with Gasteiger partial charge in [0.2, 0.25) is 0 Å². The van der Waals surface area contributed by atoms with Crippen molar-refractivity contribution in [1.82, 2.24) is 15.6 Å². The fourth-order valence-corrected chi connectivity index (χ4v) is 1.10. The zero-order valence-electron chi connectivity index (χ0n) is 7.20. The Labute approximate surface area is 71.6 Å². The standard InChI is InChI=1S/C8H13N3O/c1-9-8(10-2)6-3-4-11-5-7(6)12/h3-5,8-10,12H,1-2H3. The van der Waals surface area contributed by atoms with Crippen LogP contribution in [0.5, 0.6) is 5.75 Å². The van der Waals surface area contributed by atoms with E-state index in [0.29, 0.717) is 0 Å². The van der Waals surface area contributed by atoms with Crippen molar-refractivity contribution in [2.75, 3.05) is 14.1 Å². The van der Waals surface area contributed by atoms with Gasteiger partial charge in [-0.05, 0) is 20.2 Å². The number of aromatic hydroxyl groups is 1. The molecule has 0 saturated heterocycles. The summed E-state index contributed by atoms with van der Waals surface area (Å²) in [6.07, 6.45) is 3.04. The van der Waals surface area contributed by atoms with E-state index in [1.165, 1.54) is 6.20 Å². The molecule has 0 fully saturated rings. The molecule has 0 radical (unpaired) electrons. The van der Waals surface area contributed by atoms with Crippen LogP contribution in [-0.4, -0.2) is 24.2 Å². The average molecular weight is 167 g/mol. The van der Waals surface area contributed by atoms with Crippen LogP contribution < -0.4 is 10.6 Å². The highest BCUT2D eigenvalue weighted by Crippen LogP contribution is 2.19. The summed E-state index contributed by atoms with van der Waals surface area (Å²) in [6.45, 7) is 0. The molecule has 0 spiro atoms. The van der Waals surface area contributed by atoms with E-state index >= 15 is 0 Å². The number of hydrogen-bond acceptors (Lipinski definition) is 4. The second-order valence-electron chi connectivity index (χ2n) is 2.44. The summed E-state index contributed by atoms with van der Waals surface area (Å²) in [7, 11) is 3.64. The summed E-state index contributed by atoms with van der Waals surface area (Å²) < 4.78 is 0. The summed E-state index contributed by atoms with van der Waals surface area (Å²) in [5.41, 5.74) is 0.801. The maximum absolute atomic E-state index is 9.40. The van der Waals surface area contributed by atoms with E-state index in [2.05, 4.69) is 15.6 Å². The minimum absolute atomic E-state index is 0.0343. The van der Waals surface area contributed by atoms with E-state index in [9.17, 15) is 5.11 Å². The molecule has 0 unspecified atom stereocenters. The molecule has 1 aromatic rings. The fourth-order valence-electron chi connectivity index (χ4n) is 1.10. The van der Waals surface area contributed by atoms with Crippen molar-refractivity contribution >= 4 is 0 Å². The second kappa shape index (κ2) is 4.04. The molecule has 0 saturated carbocycles. The Morgan fingerprint density at radius 3 is 2.58 bits per heavy atom. The van der Waals surface area contributed by atoms with Gasteiger partial charge in [-0.2, -0.15) is 0 Å². The van der Waals surface area contributed by atoms with Gasteiger partial charge in [0, 0.05) is 11.8 Å². The van der Waals surface area contributed by atoms with E-state index < -0.39 is 0 Å². The third-order valence-corrected chi connectivity index (χ3v) is 1.72. The minimum atomic E-state index is -0.0343. The molecule has 0 aromatic carbocycles. The van der Waals surface area contributed by atoms with E-state index in [1.54, 1.807) is 12.3 Å². The highest BCUT2D eigenvalue weighted by molar-refractivity contribution is 5.30. The number of nitrogens with zero attached hydrogens (tertiary/aromatic N) is 1. The van der Waals surface area contributed by atoms with Crippen LogP contribution in [0.4, 0.5) is 0 Å². The van der Waals surface area contributed by atoms with Gasteiger partial charge in [-0.1, -0.05) is 0 Å². The normalized spacial score (nSPS) is 10.6. The summed E-state index contributed by atoms with van der Waals surface area (Å²) in [5, 5.41) is 15.4. The van der Waals surface area contributed by atoms with Gasteiger partial charge in [-0.25, -0.2) is 0 Å². The molecule has 66 valence electrons. The van der Waals surface area contributed by atoms with Crippen molar-refractivity contribution in [3.8, 4) is 5.75 Å². The molecule has 4 nitrogen and oxygen atoms in total. The SMILES string of the molecule is CNC(NC)c1ccncc1O. The molecule has 0 aliphatic carbocycles. The lowest BCUT2D eigenvalue weighted by Gasteiger charge is -2.15. The van der Waals surface area contributed by atoms with Gasteiger partial charge in [-0.3, -0.25) is 4.98 Å². The van der Waals surface area contributed by atoms with Gasteiger partial charge in [0.05, 0.1) is 12.4 Å². The maximum Gasteiger partial charge on any atom is 0.139 e. The first kappa shape index (κ1) is 8.96. The molecular formula is C8H13N3O. The van der Waals surface area contributed by atoms with Crippen molar-refractivity contribution in [3.05, 3.63) is 24.0 Å². The predicted octanol–water partition coefficient (Wildman–Crippen LogP) is 0.225. The highest BCUT2D eigenvalue weighted by Gasteiger charge is 2.09. The van der Waals surface area contributed by atoms with E-state index in [1.807, 2.05) is 14.1 Å².